The van der Waals surface area contributed by atoms with E-state index in [4.69, 9.17) is 37.8 Å². The van der Waals surface area contributed by atoms with Crippen molar-refractivity contribution in [3.8, 4) is 23.0 Å². The number of benzene rings is 2. The Kier molecular flexibility index (Phi) is 5.00. The van der Waals surface area contributed by atoms with Crippen molar-refractivity contribution in [3.05, 3.63) is 46.4 Å². The van der Waals surface area contributed by atoms with E-state index in [0.717, 1.165) is 0 Å². The summed E-state index contributed by atoms with van der Waals surface area (Å²) in [5.41, 5.74) is 0. The second kappa shape index (κ2) is 6.77. The number of phenolic OH excluding ortho intramolecular Hbond substituents is 1. The molecule has 0 fully saturated rings. The van der Waals surface area contributed by atoms with E-state index in [1.807, 2.05) is 0 Å². The van der Waals surface area contributed by atoms with E-state index in [9.17, 15) is 9.90 Å². The number of halogens is 2. The summed E-state index contributed by atoms with van der Waals surface area (Å²) in [6.07, 6.45) is -1.08. The van der Waals surface area contributed by atoms with Crippen molar-refractivity contribution in [2.75, 3.05) is 0 Å². The molecule has 0 spiro atoms. The second-order valence-corrected chi connectivity index (χ2v) is 5.25. The lowest BCUT2D eigenvalue weighted by Crippen LogP contribution is -2.22. The molecule has 0 heterocycles. The first-order valence-electron chi connectivity index (χ1n) is 6.22. The molecule has 0 aromatic heterocycles. The number of aliphatic carboxylic acids is 1. The Labute approximate surface area is 136 Å². The Morgan fingerprint density at radius 1 is 1.14 bits per heavy atom. The lowest BCUT2D eigenvalue weighted by Gasteiger charge is -2.13. The minimum Gasteiger partial charge on any atom is -0.504 e. The van der Waals surface area contributed by atoms with Crippen LogP contribution >= 0.6 is 23.2 Å². The van der Waals surface area contributed by atoms with Crippen molar-refractivity contribution < 1.29 is 24.5 Å². The van der Waals surface area contributed by atoms with Crippen LogP contribution in [0.25, 0.3) is 0 Å². The molecule has 2 aromatic rings. The monoisotopic (exact) mass is 342 g/mol. The van der Waals surface area contributed by atoms with Gasteiger partial charge in [0.15, 0.2) is 17.6 Å². The Morgan fingerprint density at radius 2 is 1.82 bits per heavy atom. The molecule has 0 saturated carbocycles. The molecule has 0 amide bonds. The zero-order valence-electron chi connectivity index (χ0n) is 11.4. The van der Waals surface area contributed by atoms with Crippen molar-refractivity contribution >= 4 is 29.2 Å². The van der Waals surface area contributed by atoms with Crippen LogP contribution in [0.3, 0.4) is 0 Å². The van der Waals surface area contributed by atoms with Crippen LogP contribution in [0.5, 0.6) is 23.0 Å². The lowest BCUT2D eigenvalue weighted by atomic mass is 10.3. The van der Waals surface area contributed by atoms with Gasteiger partial charge in [0, 0.05) is 11.1 Å². The lowest BCUT2D eigenvalue weighted by molar-refractivity contribution is -0.144. The number of hydrogen-bond acceptors (Lipinski definition) is 4. The first-order valence-corrected chi connectivity index (χ1v) is 6.98. The van der Waals surface area contributed by atoms with Crippen molar-refractivity contribution in [1.29, 1.82) is 0 Å². The highest BCUT2D eigenvalue weighted by Crippen LogP contribution is 2.36. The van der Waals surface area contributed by atoms with Crippen molar-refractivity contribution in [2.24, 2.45) is 0 Å². The second-order valence-electron chi connectivity index (χ2n) is 4.40. The Bertz CT molecular complexity index is 702. The van der Waals surface area contributed by atoms with Crippen molar-refractivity contribution in [2.45, 2.75) is 13.0 Å². The van der Waals surface area contributed by atoms with Crippen LogP contribution in [0.4, 0.5) is 0 Å². The highest BCUT2D eigenvalue weighted by Gasteiger charge is 2.15. The van der Waals surface area contributed by atoms with Gasteiger partial charge in [-0.15, -0.1) is 0 Å². The molecule has 0 bridgehead atoms. The highest BCUT2D eigenvalue weighted by molar-refractivity contribution is 6.35. The van der Waals surface area contributed by atoms with E-state index >= 15 is 0 Å². The minimum atomic E-state index is -1.13. The smallest absolute Gasteiger partial charge is 0.344 e. The third kappa shape index (κ3) is 3.96. The third-order valence-electron chi connectivity index (χ3n) is 2.70. The SMILES string of the molecule is CC(Oc1ccc(Oc2ccc(Cl)cc2Cl)cc1O)C(=O)O. The Morgan fingerprint density at radius 3 is 2.41 bits per heavy atom. The maximum atomic E-state index is 10.7. The van der Waals surface area contributed by atoms with Crippen LogP contribution in [-0.4, -0.2) is 22.3 Å². The van der Waals surface area contributed by atoms with Gasteiger partial charge in [-0.2, -0.15) is 0 Å². The molecule has 0 aliphatic heterocycles. The fraction of sp³-hybridized carbons (Fsp3) is 0.133. The van der Waals surface area contributed by atoms with Crippen molar-refractivity contribution in [3.63, 3.8) is 0 Å². The number of hydrogen-bond donors (Lipinski definition) is 2. The predicted molar refractivity (Wildman–Crippen MR) is 82.4 cm³/mol. The van der Waals surface area contributed by atoms with Crippen LogP contribution in [0.15, 0.2) is 36.4 Å². The van der Waals surface area contributed by atoms with Crippen LogP contribution in [0.1, 0.15) is 6.92 Å². The number of carboxylic acid groups (broad SMARTS) is 1. The zero-order chi connectivity index (χ0) is 16.3. The number of rotatable bonds is 5. The molecular formula is C15H12Cl2O5. The fourth-order valence-electron chi connectivity index (χ4n) is 1.59. The summed E-state index contributed by atoms with van der Waals surface area (Å²) in [6.45, 7) is 1.36. The van der Waals surface area contributed by atoms with Crippen molar-refractivity contribution in [1.82, 2.24) is 0 Å². The molecule has 0 saturated heterocycles. The van der Waals surface area contributed by atoms with E-state index in [0.29, 0.717) is 21.5 Å². The van der Waals surface area contributed by atoms with Gasteiger partial charge in [0.1, 0.15) is 11.5 Å². The molecule has 22 heavy (non-hydrogen) atoms. The van der Waals surface area contributed by atoms with Crippen LogP contribution in [0.2, 0.25) is 10.0 Å². The van der Waals surface area contributed by atoms with Crippen LogP contribution in [0, 0.1) is 0 Å². The van der Waals surface area contributed by atoms with Gasteiger partial charge in [-0.25, -0.2) is 4.79 Å². The van der Waals surface area contributed by atoms with E-state index in [1.54, 1.807) is 12.1 Å². The van der Waals surface area contributed by atoms with E-state index < -0.39 is 12.1 Å². The van der Waals surface area contributed by atoms with Crippen LogP contribution < -0.4 is 9.47 Å². The predicted octanol–water partition coefficient (Wildman–Crippen LogP) is 4.34. The standard InChI is InChI=1S/C15H12Cl2O5/c1-8(15(19)20)21-14-5-3-10(7-12(14)18)22-13-4-2-9(16)6-11(13)17/h2-8,18H,1H3,(H,19,20). The average Bonchev–Trinajstić information content (AvgIpc) is 2.44. The van der Waals surface area contributed by atoms with Crippen LogP contribution in [-0.2, 0) is 4.79 Å². The Balaban J connectivity index is 2.17. The number of ether oxygens (including phenoxy) is 2. The van der Waals surface area contributed by atoms with Gasteiger partial charge < -0.3 is 19.7 Å². The fourth-order valence-corrected chi connectivity index (χ4v) is 2.03. The highest BCUT2D eigenvalue weighted by atomic mass is 35.5. The molecule has 2 aromatic carbocycles. The summed E-state index contributed by atoms with van der Waals surface area (Å²) in [7, 11) is 0. The largest absolute Gasteiger partial charge is 0.504 e. The summed E-state index contributed by atoms with van der Waals surface area (Å²) in [5.74, 6) is -0.636. The molecule has 0 aliphatic carbocycles. The molecule has 1 atom stereocenters. The number of carbonyl (C=O) groups is 1. The molecular weight excluding hydrogens is 331 g/mol. The topological polar surface area (TPSA) is 76.0 Å². The van der Waals surface area contributed by atoms with Gasteiger partial charge in [0.25, 0.3) is 0 Å². The summed E-state index contributed by atoms with van der Waals surface area (Å²) in [4.78, 5) is 10.7. The third-order valence-corrected chi connectivity index (χ3v) is 3.23. The maximum absolute atomic E-state index is 10.7. The maximum Gasteiger partial charge on any atom is 0.344 e. The summed E-state index contributed by atoms with van der Waals surface area (Å²) < 4.78 is 10.6. The molecule has 7 heteroatoms. The normalized spacial score (nSPS) is 11.8. The zero-order valence-corrected chi connectivity index (χ0v) is 12.9. The molecule has 0 radical (unpaired) electrons. The van der Waals surface area contributed by atoms with E-state index in [2.05, 4.69) is 0 Å². The number of carboxylic acids is 1. The van der Waals surface area contributed by atoms with Gasteiger partial charge in [-0.3, -0.25) is 0 Å². The summed E-state index contributed by atoms with van der Waals surface area (Å²) >= 11 is 11.8. The minimum absolute atomic E-state index is 0.0458. The Hall–Kier alpha value is -2.11. The van der Waals surface area contributed by atoms with Gasteiger partial charge in [-0.05, 0) is 37.3 Å². The summed E-state index contributed by atoms with van der Waals surface area (Å²) in [6, 6.07) is 8.98. The van der Waals surface area contributed by atoms with Gasteiger partial charge >= 0.3 is 5.97 Å². The average molecular weight is 343 g/mol. The molecule has 1 unspecified atom stereocenters. The molecule has 0 aliphatic rings. The number of aromatic hydroxyl groups is 1. The summed E-state index contributed by atoms with van der Waals surface area (Å²) in [5, 5.41) is 19.4. The first-order chi connectivity index (χ1) is 10.4. The molecule has 2 rings (SSSR count). The first kappa shape index (κ1) is 16.3. The van der Waals surface area contributed by atoms with E-state index in [1.165, 1.54) is 31.2 Å². The van der Waals surface area contributed by atoms with E-state index in [-0.39, 0.29) is 11.5 Å². The molecule has 5 nitrogen and oxygen atoms in total. The number of phenols is 1. The van der Waals surface area contributed by atoms with Gasteiger partial charge in [0.05, 0.1) is 5.02 Å². The van der Waals surface area contributed by atoms with Gasteiger partial charge in [-0.1, -0.05) is 23.2 Å². The van der Waals surface area contributed by atoms with Gasteiger partial charge in [0.2, 0.25) is 0 Å². The molecule has 116 valence electrons. The molecule has 2 N–H and O–H groups in total. The quantitative estimate of drug-likeness (QED) is 0.844.